The SMILES string of the molecule is Cc1c(O)cccc1C(=O)N1CCC(C)CC1C. The first-order valence-electron chi connectivity index (χ1n) is 6.60. The molecular formula is C15H21NO2. The quantitative estimate of drug-likeness (QED) is 0.828. The van der Waals surface area contributed by atoms with E-state index in [0.29, 0.717) is 17.0 Å². The second kappa shape index (κ2) is 5.01. The summed E-state index contributed by atoms with van der Waals surface area (Å²) in [7, 11) is 0. The van der Waals surface area contributed by atoms with Gasteiger partial charge in [0.25, 0.3) is 5.91 Å². The van der Waals surface area contributed by atoms with E-state index in [4.69, 9.17) is 0 Å². The molecule has 1 N–H and O–H groups in total. The minimum absolute atomic E-state index is 0.0443. The molecule has 1 aliphatic rings. The number of phenolic OH excluding ortho intramolecular Hbond substituents is 1. The van der Waals surface area contributed by atoms with Crippen LogP contribution in [0.25, 0.3) is 0 Å². The second-order valence-electron chi connectivity index (χ2n) is 5.43. The molecule has 1 fully saturated rings. The summed E-state index contributed by atoms with van der Waals surface area (Å²) in [6.07, 6.45) is 2.12. The van der Waals surface area contributed by atoms with Crippen LogP contribution in [-0.2, 0) is 0 Å². The van der Waals surface area contributed by atoms with E-state index in [1.54, 1.807) is 25.1 Å². The van der Waals surface area contributed by atoms with Crippen LogP contribution in [0.1, 0.15) is 42.6 Å². The molecule has 0 aliphatic carbocycles. The Hall–Kier alpha value is -1.51. The van der Waals surface area contributed by atoms with Crippen LogP contribution >= 0.6 is 0 Å². The van der Waals surface area contributed by atoms with E-state index in [9.17, 15) is 9.90 Å². The number of carbonyl (C=O) groups excluding carboxylic acids is 1. The molecule has 3 nitrogen and oxygen atoms in total. The molecule has 1 aromatic rings. The molecule has 0 radical (unpaired) electrons. The van der Waals surface area contributed by atoms with Gasteiger partial charge in [-0.05, 0) is 44.7 Å². The van der Waals surface area contributed by atoms with Gasteiger partial charge in [-0.25, -0.2) is 0 Å². The van der Waals surface area contributed by atoms with Crippen LogP contribution in [0, 0.1) is 12.8 Å². The van der Waals surface area contributed by atoms with Crippen molar-refractivity contribution >= 4 is 5.91 Å². The number of phenols is 1. The molecule has 1 saturated heterocycles. The smallest absolute Gasteiger partial charge is 0.254 e. The molecule has 18 heavy (non-hydrogen) atoms. The van der Waals surface area contributed by atoms with Gasteiger partial charge < -0.3 is 10.0 Å². The van der Waals surface area contributed by atoms with E-state index in [1.165, 1.54) is 0 Å². The lowest BCUT2D eigenvalue weighted by molar-refractivity contribution is 0.0587. The van der Waals surface area contributed by atoms with E-state index < -0.39 is 0 Å². The Labute approximate surface area is 108 Å². The molecule has 0 saturated carbocycles. The van der Waals surface area contributed by atoms with Crippen LogP contribution in [0.4, 0.5) is 0 Å². The van der Waals surface area contributed by atoms with Gasteiger partial charge in [0.1, 0.15) is 5.75 Å². The summed E-state index contributed by atoms with van der Waals surface area (Å²) in [5.74, 6) is 0.927. The lowest BCUT2D eigenvalue weighted by atomic mass is 9.92. The van der Waals surface area contributed by atoms with Gasteiger partial charge in [-0.3, -0.25) is 4.79 Å². The van der Waals surface area contributed by atoms with Crippen LogP contribution in [-0.4, -0.2) is 28.5 Å². The summed E-state index contributed by atoms with van der Waals surface area (Å²) < 4.78 is 0. The van der Waals surface area contributed by atoms with Crippen LogP contribution in [0.15, 0.2) is 18.2 Å². The van der Waals surface area contributed by atoms with Crippen molar-refractivity contribution < 1.29 is 9.90 Å². The molecule has 2 atom stereocenters. The number of carbonyl (C=O) groups is 1. The number of piperidine rings is 1. The predicted octanol–water partition coefficient (Wildman–Crippen LogP) is 2.96. The first-order chi connectivity index (χ1) is 8.50. The van der Waals surface area contributed by atoms with Crippen molar-refractivity contribution in [2.24, 2.45) is 5.92 Å². The van der Waals surface area contributed by atoms with E-state index in [0.717, 1.165) is 19.4 Å². The van der Waals surface area contributed by atoms with Gasteiger partial charge in [0, 0.05) is 23.7 Å². The maximum Gasteiger partial charge on any atom is 0.254 e. The highest BCUT2D eigenvalue weighted by atomic mass is 16.3. The minimum Gasteiger partial charge on any atom is -0.508 e. The average molecular weight is 247 g/mol. The fraction of sp³-hybridized carbons (Fsp3) is 0.533. The molecule has 0 bridgehead atoms. The second-order valence-corrected chi connectivity index (χ2v) is 5.43. The van der Waals surface area contributed by atoms with Crippen molar-refractivity contribution in [1.29, 1.82) is 0 Å². The van der Waals surface area contributed by atoms with Crippen molar-refractivity contribution in [3.05, 3.63) is 29.3 Å². The van der Waals surface area contributed by atoms with Gasteiger partial charge in [-0.1, -0.05) is 13.0 Å². The molecule has 2 unspecified atom stereocenters. The summed E-state index contributed by atoms with van der Waals surface area (Å²) in [4.78, 5) is 14.4. The van der Waals surface area contributed by atoms with Crippen LogP contribution in [0.2, 0.25) is 0 Å². The average Bonchev–Trinajstić information content (AvgIpc) is 2.32. The zero-order chi connectivity index (χ0) is 13.3. The monoisotopic (exact) mass is 247 g/mol. The normalized spacial score (nSPS) is 24.1. The Morgan fingerprint density at radius 1 is 1.39 bits per heavy atom. The summed E-state index contributed by atoms with van der Waals surface area (Å²) in [5.41, 5.74) is 1.30. The third-order valence-corrected chi connectivity index (χ3v) is 3.93. The van der Waals surface area contributed by atoms with E-state index in [2.05, 4.69) is 13.8 Å². The standard InChI is InChI=1S/C15H21NO2/c1-10-7-8-16(11(2)9-10)15(18)13-5-4-6-14(17)12(13)3/h4-6,10-11,17H,7-9H2,1-3H3. The molecular weight excluding hydrogens is 226 g/mol. The summed E-state index contributed by atoms with van der Waals surface area (Å²) in [5, 5.41) is 9.68. The number of likely N-dealkylation sites (tertiary alicyclic amines) is 1. The highest BCUT2D eigenvalue weighted by Gasteiger charge is 2.28. The van der Waals surface area contributed by atoms with Gasteiger partial charge in [-0.15, -0.1) is 0 Å². The van der Waals surface area contributed by atoms with E-state index in [-0.39, 0.29) is 17.7 Å². The van der Waals surface area contributed by atoms with E-state index >= 15 is 0 Å². The van der Waals surface area contributed by atoms with Crippen molar-refractivity contribution in [3.63, 3.8) is 0 Å². The Kier molecular flexibility index (Phi) is 3.60. The van der Waals surface area contributed by atoms with E-state index in [1.807, 2.05) is 4.90 Å². The first kappa shape index (κ1) is 12.9. The molecule has 0 spiro atoms. The third-order valence-electron chi connectivity index (χ3n) is 3.93. The number of amides is 1. The Morgan fingerprint density at radius 2 is 2.11 bits per heavy atom. The number of hydrogen-bond donors (Lipinski definition) is 1. The number of nitrogens with zero attached hydrogens (tertiary/aromatic N) is 1. The first-order valence-corrected chi connectivity index (χ1v) is 6.60. The highest BCUT2D eigenvalue weighted by molar-refractivity contribution is 5.96. The summed E-state index contributed by atoms with van der Waals surface area (Å²) in [6, 6.07) is 5.42. The van der Waals surface area contributed by atoms with Crippen LogP contribution in [0.3, 0.4) is 0 Å². The molecule has 2 rings (SSSR count). The lowest BCUT2D eigenvalue weighted by Gasteiger charge is -2.36. The molecule has 98 valence electrons. The zero-order valence-electron chi connectivity index (χ0n) is 11.3. The lowest BCUT2D eigenvalue weighted by Crippen LogP contribution is -2.44. The largest absolute Gasteiger partial charge is 0.508 e. The third kappa shape index (κ3) is 2.35. The summed E-state index contributed by atoms with van der Waals surface area (Å²) >= 11 is 0. The fourth-order valence-electron chi connectivity index (χ4n) is 2.72. The van der Waals surface area contributed by atoms with Gasteiger partial charge in [-0.2, -0.15) is 0 Å². The predicted molar refractivity (Wildman–Crippen MR) is 71.7 cm³/mol. The topological polar surface area (TPSA) is 40.5 Å². The Bertz CT molecular complexity index is 456. The van der Waals surface area contributed by atoms with Crippen molar-refractivity contribution in [3.8, 4) is 5.75 Å². The minimum atomic E-state index is 0.0443. The van der Waals surface area contributed by atoms with Gasteiger partial charge in [0.05, 0.1) is 0 Å². The van der Waals surface area contributed by atoms with Crippen LogP contribution < -0.4 is 0 Å². The van der Waals surface area contributed by atoms with Crippen molar-refractivity contribution in [1.82, 2.24) is 4.90 Å². The molecule has 1 aliphatic heterocycles. The molecule has 1 aromatic carbocycles. The summed E-state index contributed by atoms with van der Waals surface area (Å²) in [6.45, 7) is 6.94. The maximum absolute atomic E-state index is 12.5. The fourth-order valence-corrected chi connectivity index (χ4v) is 2.72. The molecule has 1 heterocycles. The van der Waals surface area contributed by atoms with Gasteiger partial charge in [0.2, 0.25) is 0 Å². The van der Waals surface area contributed by atoms with Crippen molar-refractivity contribution in [2.75, 3.05) is 6.54 Å². The highest BCUT2D eigenvalue weighted by Crippen LogP contribution is 2.26. The van der Waals surface area contributed by atoms with Crippen molar-refractivity contribution in [2.45, 2.75) is 39.7 Å². The number of hydrogen-bond acceptors (Lipinski definition) is 2. The Balaban J connectivity index is 2.23. The zero-order valence-corrected chi connectivity index (χ0v) is 11.3. The Morgan fingerprint density at radius 3 is 2.78 bits per heavy atom. The number of benzene rings is 1. The molecule has 1 amide bonds. The van der Waals surface area contributed by atoms with Gasteiger partial charge in [0.15, 0.2) is 0 Å². The number of rotatable bonds is 1. The maximum atomic E-state index is 12.5. The molecule has 0 aromatic heterocycles. The number of aromatic hydroxyl groups is 1. The van der Waals surface area contributed by atoms with Crippen LogP contribution in [0.5, 0.6) is 5.75 Å². The van der Waals surface area contributed by atoms with Gasteiger partial charge >= 0.3 is 0 Å². The molecule has 3 heteroatoms.